The third-order valence-electron chi connectivity index (χ3n) is 7.10. The molecule has 1 unspecified atom stereocenters. The number of benzene rings is 1. The first-order valence-electron chi connectivity index (χ1n) is 13.4. The molecule has 1 amide bonds. The average Bonchev–Trinajstić information content (AvgIpc) is 3.38. The lowest BCUT2D eigenvalue weighted by atomic mass is 9.92. The summed E-state index contributed by atoms with van der Waals surface area (Å²) in [6, 6.07) is 12.5. The lowest BCUT2D eigenvalue weighted by Gasteiger charge is -2.32. The Kier molecular flexibility index (Phi) is 8.36. The van der Waals surface area contributed by atoms with E-state index in [1.54, 1.807) is 12.4 Å². The molecule has 196 valence electrons. The SMILES string of the molecule is CN(C)C/C=C/C(=O)Nc1ccc(CN2CCCC(Cc3cc(-c4cnc5c(c4)C=CC5)ncn3)C2)cc1. The van der Waals surface area contributed by atoms with E-state index in [0.29, 0.717) is 5.92 Å². The number of anilines is 1. The van der Waals surface area contributed by atoms with Crippen molar-refractivity contribution in [2.45, 2.75) is 32.2 Å². The Labute approximate surface area is 225 Å². The Morgan fingerprint density at radius 3 is 2.87 bits per heavy atom. The second-order valence-electron chi connectivity index (χ2n) is 10.6. The smallest absolute Gasteiger partial charge is 0.248 e. The number of hydrogen-bond acceptors (Lipinski definition) is 6. The number of nitrogens with zero attached hydrogens (tertiary/aromatic N) is 5. The van der Waals surface area contributed by atoms with Crippen molar-refractivity contribution in [1.82, 2.24) is 24.8 Å². The quantitative estimate of drug-likeness (QED) is 0.425. The van der Waals surface area contributed by atoms with Crippen LogP contribution in [-0.4, -0.2) is 64.4 Å². The van der Waals surface area contributed by atoms with Crippen LogP contribution in [0.2, 0.25) is 0 Å². The van der Waals surface area contributed by atoms with Crippen molar-refractivity contribution in [3.05, 3.63) is 89.7 Å². The van der Waals surface area contributed by atoms with Crippen molar-refractivity contribution >= 4 is 17.7 Å². The standard InChI is InChI=1S/C31H36N6O/c1-36(2)14-5-9-31(38)35-27-12-10-23(11-13-27)20-37-15-4-6-24(21-37)16-28-18-30(34-22-33-28)26-17-25-7-3-8-29(25)32-19-26/h3,5,7,9-13,17-19,22,24H,4,6,8,14-16,20-21H2,1-2H3,(H,35,38)/b9-5+. The number of likely N-dealkylation sites (tertiary alicyclic amines) is 1. The number of fused-ring (bicyclic) bond motifs is 1. The third-order valence-corrected chi connectivity index (χ3v) is 7.10. The maximum atomic E-state index is 12.1. The molecular formula is C31H36N6O. The fourth-order valence-electron chi connectivity index (χ4n) is 5.19. The minimum absolute atomic E-state index is 0.101. The van der Waals surface area contributed by atoms with E-state index >= 15 is 0 Å². The van der Waals surface area contributed by atoms with Crippen molar-refractivity contribution in [3.8, 4) is 11.3 Å². The molecule has 5 rings (SSSR count). The minimum Gasteiger partial charge on any atom is -0.323 e. The molecule has 1 fully saturated rings. The normalized spacial score (nSPS) is 17.3. The number of nitrogens with one attached hydrogen (secondary N) is 1. The molecule has 1 saturated heterocycles. The molecule has 7 nitrogen and oxygen atoms in total. The Hall–Kier alpha value is -3.68. The van der Waals surface area contributed by atoms with E-state index in [4.69, 9.17) is 0 Å². The van der Waals surface area contributed by atoms with E-state index in [-0.39, 0.29) is 5.91 Å². The summed E-state index contributed by atoms with van der Waals surface area (Å²) >= 11 is 0. The number of carbonyl (C=O) groups is 1. The van der Waals surface area contributed by atoms with Gasteiger partial charge in [-0.05, 0) is 81.2 Å². The van der Waals surface area contributed by atoms with Crippen LogP contribution in [0.3, 0.4) is 0 Å². The van der Waals surface area contributed by atoms with Crippen LogP contribution >= 0.6 is 0 Å². The maximum absolute atomic E-state index is 12.1. The van der Waals surface area contributed by atoms with Crippen LogP contribution in [0.25, 0.3) is 17.3 Å². The number of likely N-dealkylation sites (N-methyl/N-ethyl adjacent to an activating group) is 1. The number of rotatable bonds is 9. The fourth-order valence-corrected chi connectivity index (χ4v) is 5.19. The predicted molar refractivity (Wildman–Crippen MR) is 152 cm³/mol. The molecule has 3 heterocycles. The number of carbonyl (C=O) groups excluding carboxylic acids is 1. The van der Waals surface area contributed by atoms with Gasteiger partial charge in [0.25, 0.3) is 0 Å². The number of amides is 1. The van der Waals surface area contributed by atoms with E-state index in [1.807, 2.05) is 43.4 Å². The molecular weight excluding hydrogens is 472 g/mol. The fraction of sp³-hybridized carbons (Fsp3) is 0.355. The Morgan fingerprint density at radius 2 is 2.03 bits per heavy atom. The number of aromatic nitrogens is 3. The molecule has 0 spiro atoms. The van der Waals surface area contributed by atoms with Crippen molar-refractivity contribution in [3.63, 3.8) is 0 Å². The summed E-state index contributed by atoms with van der Waals surface area (Å²) in [7, 11) is 3.95. The Bertz CT molecular complexity index is 1310. The number of allylic oxidation sites excluding steroid dienone is 1. The van der Waals surface area contributed by atoms with E-state index in [0.717, 1.165) is 67.4 Å². The lowest BCUT2D eigenvalue weighted by Crippen LogP contribution is -2.35. The molecule has 1 aliphatic carbocycles. The zero-order valence-electron chi connectivity index (χ0n) is 22.3. The summed E-state index contributed by atoms with van der Waals surface area (Å²) in [4.78, 5) is 30.4. The van der Waals surface area contributed by atoms with E-state index in [9.17, 15) is 4.79 Å². The highest BCUT2D eigenvalue weighted by atomic mass is 16.1. The highest BCUT2D eigenvalue weighted by Crippen LogP contribution is 2.26. The summed E-state index contributed by atoms with van der Waals surface area (Å²) in [6.07, 6.45) is 15.6. The molecule has 38 heavy (non-hydrogen) atoms. The molecule has 0 radical (unpaired) electrons. The highest BCUT2D eigenvalue weighted by molar-refractivity contribution is 5.99. The van der Waals surface area contributed by atoms with Gasteiger partial charge in [0, 0.05) is 55.3 Å². The van der Waals surface area contributed by atoms with Gasteiger partial charge in [0.15, 0.2) is 0 Å². The highest BCUT2D eigenvalue weighted by Gasteiger charge is 2.21. The monoisotopic (exact) mass is 508 g/mol. The summed E-state index contributed by atoms with van der Waals surface area (Å²) < 4.78 is 0. The van der Waals surface area contributed by atoms with Gasteiger partial charge in [0.05, 0.1) is 11.4 Å². The molecule has 2 aliphatic rings. The second-order valence-corrected chi connectivity index (χ2v) is 10.6. The van der Waals surface area contributed by atoms with Crippen molar-refractivity contribution in [2.75, 3.05) is 39.0 Å². The summed E-state index contributed by atoms with van der Waals surface area (Å²) in [5, 5.41) is 2.93. The lowest BCUT2D eigenvalue weighted by molar-refractivity contribution is -0.111. The average molecular weight is 509 g/mol. The van der Waals surface area contributed by atoms with Crippen LogP contribution in [0.4, 0.5) is 5.69 Å². The van der Waals surface area contributed by atoms with Gasteiger partial charge in [0.2, 0.25) is 5.91 Å². The maximum Gasteiger partial charge on any atom is 0.248 e. The molecule has 7 heteroatoms. The largest absolute Gasteiger partial charge is 0.323 e. The topological polar surface area (TPSA) is 74.2 Å². The van der Waals surface area contributed by atoms with E-state index < -0.39 is 0 Å². The summed E-state index contributed by atoms with van der Waals surface area (Å²) in [5.41, 5.74) is 7.49. The van der Waals surface area contributed by atoms with Gasteiger partial charge in [-0.3, -0.25) is 14.7 Å². The van der Waals surface area contributed by atoms with E-state index in [1.165, 1.54) is 24.0 Å². The van der Waals surface area contributed by atoms with Gasteiger partial charge < -0.3 is 10.2 Å². The zero-order chi connectivity index (χ0) is 26.3. The van der Waals surface area contributed by atoms with Gasteiger partial charge in [0.1, 0.15) is 6.33 Å². The van der Waals surface area contributed by atoms with Crippen LogP contribution in [0, 0.1) is 5.92 Å². The van der Waals surface area contributed by atoms with Crippen molar-refractivity contribution < 1.29 is 4.79 Å². The number of pyridine rings is 1. The minimum atomic E-state index is -0.101. The Morgan fingerprint density at radius 1 is 1.16 bits per heavy atom. The predicted octanol–water partition coefficient (Wildman–Crippen LogP) is 4.62. The van der Waals surface area contributed by atoms with Gasteiger partial charge in [-0.2, -0.15) is 0 Å². The zero-order valence-corrected chi connectivity index (χ0v) is 22.3. The molecule has 0 bridgehead atoms. The second kappa shape index (κ2) is 12.2. The van der Waals surface area contributed by atoms with Crippen molar-refractivity contribution in [2.24, 2.45) is 5.92 Å². The van der Waals surface area contributed by atoms with Crippen LogP contribution in [-0.2, 0) is 24.2 Å². The molecule has 1 N–H and O–H groups in total. The molecule has 3 aromatic rings. The first-order chi connectivity index (χ1) is 18.5. The van der Waals surface area contributed by atoms with Crippen LogP contribution in [0.1, 0.15) is 35.4 Å². The van der Waals surface area contributed by atoms with Crippen molar-refractivity contribution in [1.29, 1.82) is 0 Å². The van der Waals surface area contributed by atoms with Gasteiger partial charge in [-0.1, -0.05) is 30.4 Å². The Balaban J connectivity index is 1.14. The molecule has 0 saturated carbocycles. The van der Waals surface area contributed by atoms with Crippen LogP contribution < -0.4 is 5.32 Å². The summed E-state index contributed by atoms with van der Waals surface area (Å²) in [5.74, 6) is 0.468. The molecule has 2 aromatic heterocycles. The molecule has 1 aromatic carbocycles. The third kappa shape index (κ3) is 7.00. The molecule has 1 atom stereocenters. The van der Waals surface area contributed by atoms with Gasteiger partial charge >= 0.3 is 0 Å². The first kappa shape index (κ1) is 25.9. The van der Waals surface area contributed by atoms with E-state index in [2.05, 4.69) is 61.6 Å². The molecule has 1 aliphatic heterocycles. The number of piperidine rings is 1. The summed E-state index contributed by atoms with van der Waals surface area (Å²) in [6.45, 7) is 3.82. The first-order valence-corrected chi connectivity index (χ1v) is 13.4. The number of hydrogen-bond donors (Lipinski definition) is 1. The van der Waals surface area contributed by atoms with Gasteiger partial charge in [-0.25, -0.2) is 9.97 Å². The van der Waals surface area contributed by atoms with Crippen LogP contribution in [0.15, 0.2) is 67.2 Å². The van der Waals surface area contributed by atoms with Crippen LogP contribution in [0.5, 0.6) is 0 Å². The van der Waals surface area contributed by atoms with Gasteiger partial charge in [-0.15, -0.1) is 0 Å².